The van der Waals surface area contributed by atoms with Gasteiger partial charge in [0.15, 0.2) is 0 Å². The van der Waals surface area contributed by atoms with Gasteiger partial charge in [0, 0.05) is 26.1 Å². The minimum absolute atomic E-state index is 0.217. The number of hydrogen-bond acceptors (Lipinski definition) is 3. The molecule has 22 heavy (non-hydrogen) atoms. The van der Waals surface area contributed by atoms with Crippen LogP contribution in [0.5, 0.6) is 5.75 Å². The van der Waals surface area contributed by atoms with Crippen LogP contribution in [-0.4, -0.2) is 49.0 Å². The van der Waals surface area contributed by atoms with Crippen LogP contribution in [0.4, 0.5) is 0 Å². The number of benzene rings is 1. The lowest BCUT2D eigenvalue weighted by atomic mass is 10.1. The van der Waals surface area contributed by atoms with Gasteiger partial charge < -0.3 is 14.5 Å². The van der Waals surface area contributed by atoms with Crippen molar-refractivity contribution in [3.8, 4) is 5.75 Å². The highest BCUT2D eigenvalue weighted by molar-refractivity contribution is 5.75. The standard InChI is InChI=1S/C18H28N2O2/c1-15(20-11-4-5-12-20)9-10-18(21)19(2)14-16-7-6-8-17(13-16)22-3/h6-8,13,15H,4-5,9-12,14H2,1-3H3/t15-/m0/s1. The first-order chi connectivity index (χ1) is 10.6. The molecule has 1 aliphatic heterocycles. The monoisotopic (exact) mass is 304 g/mol. The van der Waals surface area contributed by atoms with Crippen molar-refractivity contribution in [1.29, 1.82) is 0 Å². The molecule has 1 fully saturated rings. The SMILES string of the molecule is COc1cccc(CN(C)C(=O)CC[C@H](C)N2CCCC2)c1. The van der Waals surface area contributed by atoms with Crippen molar-refractivity contribution in [3.63, 3.8) is 0 Å². The molecule has 1 aromatic carbocycles. The summed E-state index contributed by atoms with van der Waals surface area (Å²) in [6.45, 7) is 5.25. The lowest BCUT2D eigenvalue weighted by molar-refractivity contribution is -0.130. The Bertz CT molecular complexity index is 484. The minimum atomic E-state index is 0.217. The molecule has 1 amide bonds. The number of rotatable bonds is 7. The minimum Gasteiger partial charge on any atom is -0.497 e. The molecule has 0 bridgehead atoms. The molecule has 1 saturated heterocycles. The van der Waals surface area contributed by atoms with Crippen LogP contribution in [0.25, 0.3) is 0 Å². The summed E-state index contributed by atoms with van der Waals surface area (Å²) in [7, 11) is 3.54. The maximum atomic E-state index is 12.3. The van der Waals surface area contributed by atoms with Gasteiger partial charge in [0.25, 0.3) is 0 Å². The van der Waals surface area contributed by atoms with Gasteiger partial charge in [0.1, 0.15) is 5.75 Å². The van der Waals surface area contributed by atoms with Crippen LogP contribution in [0.1, 0.15) is 38.2 Å². The van der Waals surface area contributed by atoms with Gasteiger partial charge in [-0.05, 0) is 57.0 Å². The average Bonchev–Trinajstić information content (AvgIpc) is 3.06. The molecular formula is C18H28N2O2. The molecular weight excluding hydrogens is 276 g/mol. The van der Waals surface area contributed by atoms with Gasteiger partial charge in [-0.15, -0.1) is 0 Å². The van der Waals surface area contributed by atoms with Gasteiger partial charge >= 0.3 is 0 Å². The van der Waals surface area contributed by atoms with Crippen LogP contribution < -0.4 is 4.74 Å². The van der Waals surface area contributed by atoms with Crippen LogP contribution in [0.2, 0.25) is 0 Å². The maximum Gasteiger partial charge on any atom is 0.222 e. The topological polar surface area (TPSA) is 32.8 Å². The second-order valence-electron chi connectivity index (χ2n) is 6.23. The number of ether oxygens (including phenoxy) is 1. The fourth-order valence-corrected chi connectivity index (χ4v) is 3.02. The summed E-state index contributed by atoms with van der Waals surface area (Å²) in [6.07, 6.45) is 4.17. The van der Waals surface area contributed by atoms with E-state index in [4.69, 9.17) is 4.74 Å². The molecule has 1 atom stereocenters. The number of nitrogens with zero attached hydrogens (tertiary/aromatic N) is 2. The summed E-state index contributed by atoms with van der Waals surface area (Å²) < 4.78 is 5.22. The summed E-state index contributed by atoms with van der Waals surface area (Å²) >= 11 is 0. The first-order valence-electron chi connectivity index (χ1n) is 8.21. The van der Waals surface area contributed by atoms with Crippen molar-refractivity contribution in [3.05, 3.63) is 29.8 Å². The van der Waals surface area contributed by atoms with E-state index in [9.17, 15) is 4.79 Å². The molecule has 0 radical (unpaired) electrons. The van der Waals surface area contributed by atoms with E-state index >= 15 is 0 Å². The Hall–Kier alpha value is -1.55. The molecule has 0 unspecified atom stereocenters. The Morgan fingerprint density at radius 3 is 2.77 bits per heavy atom. The normalized spacial score (nSPS) is 16.5. The third-order valence-electron chi connectivity index (χ3n) is 4.52. The Morgan fingerprint density at radius 2 is 2.09 bits per heavy atom. The van der Waals surface area contributed by atoms with E-state index in [0.717, 1.165) is 17.7 Å². The lowest BCUT2D eigenvalue weighted by Gasteiger charge is -2.24. The first-order valence-corrected chi connectivity index (χ1v) is 8.21. The lowest BCUT2D eigenvalue weighted by Crippen LogP contribution is -2.32. The van der Waals surface area contributed by atoms with E-state index in [2.05, 4.69) is 11.8 Å². The van der Waals surface area contributed by atoms with Gasteiger partial charge in [0.05, 0.1) is 7.11 Å². The van der Waals surface area contributed by atoms with Crippen molar-refractivity contribution in [2.24, 2.45) is 0 Å². The van der Waals surface area contributed by atoms with Gasteiger partial charge in [0.2, 0.25) is 5.91 Å². The molecule has 0 saturated carbocycles. The molecule has 1 aliphatic rings. The molecule has 2 rings (SSSR count). The zero-order valence-corrected chi connectivity index (χ0v) is 14.0. The molecule has 0 spiro atoms. The molecule has 4 heteroatoms. The molecule has 0 aliphatic carbocycles. The Kier molecular flexibility index (Phi) is 6.25. The predicted molar refractivity (Wildman–Crippen MR) is 89.0 cm³/mol. The van der Waals surface area contributed by atoms with Crippen LogP contribution in [0.3, 0.4) is 0 Å². The summed E-state index contributed by atoms with van der Waals surface area (Å²) in [5.74, 6) is 1.05. The highest BCUT2D eigenvalue weighted by Gasteiger charge is 2.19. The van der Waals surface area contributed by atoms with Gasteiger partial charge in [-0.1, -0.05) is 12.1 Å². The van der Waals surface area contributed by atoms with Crippen molar-refractivity contribution in [2.75, 3.05) is 27.2 Å². The van der Waals surface area contributed by atoms with Crippen molar-refractivity contribution in [2.45, 2.75) is 45.2 Å². The quantitative estimate of drug-likeness (QED) is 0.776. The van der Waals surface area contributed by atoms with E-state index in [1.807, 2.05) is 36.2 Å². The van der Waals surface area contributed by atoms with Crippen LogP contribution in [0.15, 0.2) is 24.3 Å². The molecule has 122 valence electrons. The number of carbonyl (C=O) groups excluding carboxylic acids is 1. The van der Waals surface area contributed by atoms with Crippen LogP contribution >= 0.6 is 0 Å². The molecule has 0 N–H and O–H groups in total. The fraction of sp³-hybridized carbons (Fsp3) is 0.611. The van der Waals surface area contributed by atoms with E-state index in [0.29, 0.717) is 19.0 Å². The van der Waals surface area contributed by atoms with E-state index in [-0.39, 0.29) is 5.91 Å². The summed E-state index contributed by atoms with van der Waals surface area (Å²) in [4.78, 5) is 16.6. The zero-order chi connectivity index (χ0) is 15.9. The van der Waals surface area contributed by atoms with Crippen molar-refractivity contribution in [1.82, 2.24) is 9.80 Å². The Labute approximate surface area is 134 Å². The summed E-state index contributed by atoms with van der Waals surface area (Å²) in [5.41, 5.74) is 1.10. The highest BCUT2D eigenvalue weighted by atomic mass is 16.5. The zero-order valence-electron chi connectivity index (χ0n) is 14.0. The number of likely N-dealkylation sites (tertiary alicyclic amines) is 1. The predicted octanol–water partition coefficient (Wildman–Crippen LogP) is 2.92. The third-order valence-corrected chi connectivity index (χ3v) is 4.52. The average molecular weight is 304 g/mol. The third kappa shape index (κ3) is 4.73. The van der Waals surface area contributed by atoms with Crippen LogP contribution in [0, 0.1) is 0 Å². The smallest absolute Gasteiger partial charge is 0.222 e. The molecule has 0 aromatic heterocycles. The van der Waals surface area contributed by atoms with Gasteiger partial charge in [-0.25, -0.2) is 0 Å². The molecule has 4 nitrogen and oxygen atoms in total. The second-order valence-corrected chi connectivity index (χ2v) is 6.23. The number of hydrogen-bond donors (Lipinski definition) is 0. The van der Waals surface area contributed by atoms with Crippen LogP contribution in [-0.2, 0) is 11.3 Å². The van der Waals surface area contributed by atoms with Gasteiger partial charge in [-0.3, -0.25) is 4.79 Å². The second kappa shape index (κ2) is 8.18. The molecule has 1 aromatic rings. The summed E-state index contributed by atoms with van der Waals surface area (Å²) in [6, 6.07) is 8.40. The Balaban J connectivity index is 1.78. The highest BCUT2D eigenvalue weighted by Crippen LogP contribution is 2.17. The van der Waals surface area contributed by atoms with E-state index in [1.165, 1.54) is 25.9 Å². The fourth-order valence-electron chi connectivity index (χ4n) is 3.02. The van der Waals surface area contributed by atoms with Crippen molar-refractivity contribution < 1.29 is 9.53 Å². The van der Waals surface area contributed by atoms with Gasteiger partial charge in [-0.2, -0.15) is 0 Å². The van der Waals surface area contributed by atoms with Crippen molar-refractivity contribution >= 4 is 5.91 Å². The van der Waals surface area contributed by atoms with E-state index in [1.54, 1.807) is 7.11 Å². The van der Waals surface area contributed by atoms with E-state index < -0.39 is 0 Å². The molecule has 1 heterocycles. The number of methoxy groups -OCH3 is 1. The first kappa shape index (κ1) is 16.8. The number of carbonyl (C=O) groups is 1. The number of amides is 1. The largest absolute Gasteiger partial charge is 0.497 e. The maximum absolute atomic E-state index is 12.3. The summed E-state index contributed by atoms with van der Waals surface area (Å²) in [5, 5.41) is 0. The Morgan fingerprint density at radius 1 is 1.36 bits per heavy atom.